The van der Waals surface area contributed by atoms with E-state index < -0.39 is 5.97 Å². The molecule has 0 radical (unpaired) electrons. The second-order valence-corrected chi connectivity index (χ2v) is 4.52. The molecule has 0 aliphatic heterocycles. The number of nitriles is 1. The fraction of sp³-hybridized carbons (Fsp3) is 0. The summed E-state index contributed by atoms with van der Waals surface area (Å²) in [4.78, 5) is 15.7. The molecule has 88 valence electrons. The van der Waals surface area contributed by atoms with Crippen molar-refractivity contribution in [3.63, 3.8) is 0 Å². The van der Waals surface area contributed by atoms with E-state index >= 15 is 0 Å². The van der Waals surface area contributed by atoms with Crippen molar-refractivity contribution in [1.82, 2.24) is 4.98 Å². The van der Waals surface area contributed by atoms with Gasteiger partial charge in [0.15, 0.2) is 0 Å². The first-order valence-electron chi connectivity index (χ1n) is 5.06. The SMILES string of the molecule is N#Cc1ccc(Sc2ccc(C(=O)O)cc2)nc1. The van der Waals surface area contributed by atoms with Gasteiger partial charge in [-0.15, -0.1) is 0 Å². The first kappa shape index (κ1) is 12.1. The van der Waals surface area contributed by atoms with E-state index in [2.05, 4.69) is 4.98 Å². The molecule has 0 aliphatic rings. The molecule has 1 aromatic heterocycles. The van der Waals surface area contributed by atoms with E-state index in [1.165, 1.54) is 18.0 Å². The minimum Gasteiger partial charge on any atom is -0.478 e. The molecule has 0 spiro atoms. The Morgan fingerprint density at radius 2 is 1.94 bits per heavy atom. The summed E-state index contributed by atoms with van der Waals surface area (Å²) < 4.78 is 0. The molecular weight excluding hydrogens is 248 g/mol. The summed E-state index contributed by atoms with van der Waals surface area (Å²) in [6.07, 6.45) is 1.51. The van der Waals surface area contributed by atoms with Crippen LogP contribution in [0.3, 0.4) is 0 Å². The lowest BCUT2D eigenvalue weighted by molar-refractivity contribution is 0.0697. The van der Waals surface area contributed by atoms with Crippen LogP contribution in [-0.2, 0) is 0 Å². The number of carboxylic acids is 1. The van der Waals surface area contributed by atoms with Crippen LogP contribution in [-0.4, -0.2) is 16.1 Å². The second-order valence-electron chi connectivity index (χ2n) is 3.43. The Labute approximate surface area is 108 Å². The number of aromatic nitrogens is 1. The molecule has 2 rings (SSSR count). The molecule has 0 bridgehead atoms. The van der Waals surface area contributed by atoms with Gasteiger partial charge in [0.05, 0.1) is 11.1 Å². The van der Waals surface area contributed by atoms with Crippen molar-refractivity contribution in [1.29, 1.82) is 5.26 Å². The van der Waals surface area contributed by atoms with E-state index in [1.54, 1.807) is 36.4 Å². The lowest BCUT2D eigenvalue weighted by Crippen LogP contribution is -1.94. The summed E-state index contributed by atoms with van der Waals surface area (Å²) >= 11 is 1.41. The van der Waals surface area contributed by atoms with Crippen LogP contribution in [0.15, 0.2) is 52.5 Å². The number of nitrogens with zero attached hydrogens (tertiary/aromatic N) is 2. The first-order chi connectivity index (χ1) is 8.69. The predicted molar refractivity (Wildman–Crippen MR) is 66.5 cm³/mol. The number of hydrogen-bond acceptors (Lipinski definition) is 4. The van der Waals surface area contributed by atoms with Crippen LogP contribution in [0.5, 0.6) is 0 Å². The highest BCUT2D eigenvalue weighted by atomic mass is 32.2. The number of aromatic carboxylic acids is 1. The Morgan fingerprint density at radius 3 is 2.44 bits per heavy atom. The third-order valence-electron chi connectivity index (χ3n) is 2.19. The quantitative estimate of drug-likeness (QED) is 0.914. The van der Waals surface area contributed by atoms with Crippen LogP contribution >= 0.6 is 11.8 Å². The molecule has 1 N–H and O–H groups in total. The van der Waals surface area contributed by atoms with Crippen molar-refractivity contribution in [3.8, 4) is 6.07 Å². The molecule has 2 aromatic rings. The molecule has 0 aliphatic carbocycles. The van der Waals surface area contributed by atoms with Crippen LogP contribution in [0, 0.1) is 11.3 Å². The third-order valence-corrected chi connectivity index (χ3v) is 3.15. The molecule has 5 heteroatoms. The summed E-state index contributed by atoms with van der Waals surface area (Å²) in [7, 11) is 0. The fourth-order valence-corrected chi connectivity index (χ4v) is 2.05. The number of pyridine rings is 1. The highest BCUT2D eigenvalue weighted by Gasteiger charge is 2.03. The van der Waals surface area contributed by atoms with E-state index in [4.69, 9.17) is 10.4 Å². The molecule has 0 amide bonds. The van der Waals surface area contributed by atoms with Crippen LogP contribution in [0.1, 0.15) is 15.9 Å². The van der Waals surface area contributed by atoms with E-state index in [1.807, 2.05) is 6.07 Å². The number of carbonyl (C=O) groups is 1. The van der Waals surface area contributed by atoms with Gasteiger partial charge in [0.25, 0.3) is 0 Å². The van der Waals surface area contributed by atoms with E-state index in [0.717, 1.165) is 9.92 Å². The van der Waals surface area contributed by atoms with Gasteiger partial charge >= 0.3 is 5.97 Å². The summed E-state index contributed by atoms with van der Waals surface area (Å²) in [6.45, 7) is 0. The Balaban J connectivity index is 2.13. The standard InChI is InChI=1S/C13H8N2O2S/c14-7-9-1-6-12(15-8-9)18-11-4-2-10(3-5-11)13(16)17/h1-6,8H,(H,16,17). The molecular formula is C13H8N2O2S. The zero-order valence-electron chi connectivity index (χ0n) is 9.20. The molecule has 1 aromatic carbocycles. The number of carboxylic acid groups (broad SMARTS) is 1. The Kier molecular flexibility index (Phi) is 3.60. The van der Waals surface area contributed by atoms with Crippen molar-refractivity contribution in [3.05, 3.63) is 53.7 Å². The smallest absolute Gasteiger partial charge is 0.335 e. The topological polar surface area (TPSA) is 74.0 Å². The zero-order chi connectivity index (χ0) is 13.0. The largest absolute Gasteiger partial charge is 0.478 e. The average molecular weight is 256 g/mol. The minimum atomic E-state index is -0.942. The summed E-state index contributed by atoms with van der Waals surface area (Å²) in [5.41, 5.74) is 0.771. The predicted octanol–water partition coefficient (Wildman–Crippen LogP) is 2.80. The Morgan fingerprint density at radius 1 is 1.22 bits per heavy atom. The van der Waals surface area contributed by atoms with Gasteiger partial charge < -0.3 is 5.11 Å². The third kappa shape index (κ3) is 2.87. The van der Waals surface area contributed by atoms with Crippen LogP contribution in [0.2, 0.25) is 0 Å². The molecule has 0 atom stereocenters. The van der Waals surface area contributed by atoms with E-state index in [9.17, 15) is 4.79 Å². The maximum absolute atomic E-state index is 10.7. The first-order valence-corrected chi connectivity index (χ1v) is 5.88. The highest BCUT2D eigenvalue weighted by molar-refractivity contribution is 7.99. The molecule has 0 saturated heterocycles. The molecule has 0 saturated carbocycles. The van der Waals surface area contributed by atoms with E-state index in [0.29, 0.717) is 5.56 Å². The molecule has 1 heterocycles. The summed E-state index contributed by atoms with van der Waals surface area (Å²) in [5.74, 6) is -0.942. The van der Waals surface area contributed by atoms with Crippen molar-refractivity contribution in [2.75, 3.05) is 0 Å². The molecule has 4 nitrogen and oxygen atoms in total. The van der Waals surface area contributed by atoms with Gasteiger partial charge in [-0.05, 0) is 36.4 Å². The lowest BCUT2D eigenvalue weighted by Gasteiger charge is -2.01. The summed E-state index contributed by atoms with van der Waals surface area (Å²) in [5, 5.41) is 18.2. The van der Waals surface area contributed by atoms with Crippen molar-refractivity contribution >= 4 is 17.7 Å². The summed E-state index contributed by atoms with van der Waals surface area (Å²) in [6, 6.07) is 12.0. The highest BCUT2D eigenvalue weighted by Crippen LogP contribution is 2.25. The zero-order valence-corrected chi connectivity index (χ0v) is 10.0. The van der Waals surface area contributed by atoms with Gasteiger partial charge in [-0.25, -0.2) is 9.78 Å². The number of benzene rings is 1. The van der Waals surface area contributed by atoms with Crippen LogP contribution in [0.4, 0.5) is 0 Å². The van der Waals surface area contributed by atoms with Gasteiger partial charge in [0.2, 0.25) is 0 Å². The molecule has 0 fully saturated rings. The monoisotopic (exact) mass is 256 g/mol. The Bertz CT molecular complexity index is 600. The van der Waals surface area contributed by atoms with Crippen molar-refractivity contribution < 1.29 is 9.90 Å². The normalized spacial score (nSPS) is 9.72. The minimum absolute atomic E-state index is 0.257. The van der Waals surface area contributed by atoms with Gasteiger partial charge in [-0.3, -0.25) is 0 Å². The lowest BCUT2D eigenvalue weighted by atomic mass is 10.2. The molecule has 0 unspecified atom stereocenters. The van der Waals surface area contributed by atoms with Crippen LogP contribution < -0.4 is 0 Å². The van der Waals surface area contributed by atoms with E-state index in [-0.39, 0.29) is 5.56 Å². The number of hydrogen-bond donors (Lipinski definition) is 1. The number of rotatable bonds is 3. The van der Waals surface area contributed by atoms with Crippen LogP contribution in [0.25, 0.3) is 0 Å². The van der Waals surface area contributed by atoms with Gasteiger partial charge in [0.1, 0.15) is 11.1 Å². The maximum atomic E-state index is 10.7. The molecule has 18 heavy (non-hydrogen) atoms. The average Bonchev–Trinajstić information content (AvgIpc) is 2.40. The second kappa shape index (κ2) is 5.34. The van der Waals surface area contributed by atoms with Gasteiger partial charge in [0, 0.05) is 11.1 Å². The Hall–Kier alpha value is -2.32. The fourth-order valence-electron chi connectivity index (χ4n) is 1.29. The van der Waals surface area contributed by atoms with Crippen molar-refractivity contribution in [2.45, 2.75) is 9.92 Å². The van der Waals surface area contributed by atoms with Gasteiger partial charge in [-0.1, -0.05) is 11.8 Å². The maximum Gasteiger partial charge on any atom is 0.335 e. The van der Waals surface area contributed by atoms with Crippen molar-refractivity contribution in [2.24, 2.45) is 0 Å². The van der Waals surface area contributed by atoms with Gasteiger partial charge in [-0.2, -0.15) is 5.26 Å².